The number of nitro benzene ring substituents is 1. The van der Waals surface area contributed by atoms with Gasteiger partial charge < -0.3 is 9.64 Å². The fourth-order valence-electron chi connectivity index (χ4n) is 1.48. The van der Waals surface area contributed by atoms with Crippen molar-refractivity contribution in [2.45, 2.75) is 6.42 Å². The summed E-state index contributed by atoms with van der Waals surface area (Å²) in [5.74, 6) is 0.183. The Morgan fingerprint density at radius 1 is 1.42 bits per heavy atom. The number of ether oxygens (including phenoxy) is 1. The van der Waals surface area contributed by atoms with Crippen molar-refractivity contribution in [2.75, 3.05) is 27.7 Å². The third-order valence-electron chi connectivity index (χ3n) is 2.49. The molecule has 6 nitrogen and oxygen atoms in total. The fraction of sp³-hybridized carbons (Fsp3) is 0.417. The van der Waals surface area contributed by atoms with Gasteiger partial charge in [0.05, 0.1) is 17.6 Å². The van der Waals surface area contributed by atoms with Crippen LogP contribution in [-0.4, -0.2) is 43.4 Å². The second-order valence-corrected chi connectivity index (χ2v) is 4.12. The standard InChI is InChI=1S/C12H16N2O4.ClH/c1-13(2)7-6-12(15)10-8-9(18-3)4-5-11(10)14(16)17;/h4-5,8H,6-7H2,1-3H3;1H. The number of hydrogen-bond acceptors (Lipinski definition) is 5. The predicted octanol–water partition coefficient (Wildman–Crippen LogP) is 2.16. The Bertz CT molecular complexity index is 463. The molecule has 0 spiro atoms. The zero-order valence-electron chi connectivity index (χ0n) is 11.1. The summed E-state index contributed by atoms with van der Waals surface area (Å²) < 4.78 is 4.98. The highest BCUT2D eigenvalue weighted by Crippen LogP contribution is 2.25. The summed E-state index contributed by atoms with van der Waals surface area (Å²) in [6, 6.07) is 4.18. The minimum absolute atomic E-state index is 0. The molecular formula is C12H17ClN2O4. The molecule has 0 fully saturated rings. The number of halogens is 1. The maximum Gasteiger partial charge on any atom is 0.280 e. The van der Waals surface area contributed by atoms with Crippen LogP contribution in [0.5, 0.6) is 5.75 Å². The number of ketones is 1. The van der Waals surface area contributed by atoms with Crippen LogP contribution in [0.2, 0.25) is 0 Å². The molecule has 0 heterocycles. The van der Waals surface area contributed by atoms with Crippen LogP contribution in [0.4, 0.5) is 5.69 Å². The molecule has 0 bridgehead atoms. The molecular weight excluding hydrogens is 272 g/mol. The van der Waals surface area contributed by atoms with Gasteiger partial charge in [-0.2, -0.15) is 0 Å². The largest absolute Gasteiger partial charge is 0.497 e. The van der Waals surface area contributed by atoms with Crippen molar-refractivity contribution >= 4 is 23.9 Å². The molecule has 0 unspecified atom stereocenters. The van der Waals surface area contributed by atoms with E-state index in [1.165, 1.54) is 25.3 Å². The molecule has 0 N–H and O–H groups in total. The van der Waals surface area contributed by atoms with Gasteiger partial charge in [0, 0.05) is 19.0 Å². The highest BCUT2D eigenvalue weighted by molar-refractivity contribution is 6.00. The van der Waals surface area contributed by atoms with Crippen LogP contribution in [0.1, 0.15) is 16.8 Å². The van der Waals surface area contributed by atoms with E-state index in [1.54, 1.807) is 0 Å². The molecule has 0 atom stereocenters. The van der Waals surface area contributed by atoms with Crippen LogP contribution in [0, 0.1) is 10.1 Å². The van der Waals surface area contributed by atoms with Gasteiger partial charge in [0.25, 0.3) is 5.69 Å². The van der Waals surface area contributed by atoms with Crippen LogP contribution in [0.25, 0.3) is 0 Å². The minimum Gasteiger partial charge on any atom is -0.497 e. The zero-order valence-corrected chi connectivity index (χ0v) is 11.9. The summed E-state index contributed by atoms with van der Waals surface area (Å²) in [6.45, 7) is 0.549. The number of methoxy groups -OCH3 is 1. The topological polar surface area (TPSA) is 72.7 Å². The predicted molar refractivity (Wildman–Crippen MR) is 74.4 cm³/mol. The van der Waals surface area contributed by atoms with Crippen molar-refractivity contribution in [3.05, 3.63) is 33.9 Å². The second-order valence-electron chi connectivity index (χ2n) is 4.12. The highest BCUT2D eigenvalue weighted by atomic mass is 35.5. The molecule has 1 rings (SSSR count). The molecule has 1 aromatic rings. The third-order valence-corrected chi connectivity index (χ3v) is 2.49. The molecule has 0 aliphatic carbocycles. The number of Topliss-reactive ketones (excluding diaryl/α,β-unsaturated/α-hetero) is 1. The minimum atomic E-state index is -0.553. The van der Waals surface area contributed by atoms with Gasteiger partial charge in [-0.1, -0.05) is 0 Å². The Morgan fingerprint density at radius 3 is 2.53 bits per heavy atom. The van der Waals surface area contributed by atoms with Crippen LogP contribution < -0.4 is 4.74 Å². The Morgan fingerprint density at radius 2 is 2.05 bits per heavy atom. The first kappa shape index (κ1) is 17.3. The van der Waals surface area contributed by atoms with Crippen LogP contribution in [-0.2, 0) is 0 Å². The van der Waals surface area contributed by atoms with E-state index in [4.69, 9.17) is 4.74 Å². The van der Waals surface area contributed by atoms with Gasteiger partial charge >= 0.3 is 0 Å². The second kappa shape index (κ2) is 7.70. The molecule has 106 valence electrons. The number of benzene rings is 1. The molecule has 19 heavy (non-hydrogen) atoms. The molecule has 1 aromatic carbocycles. The molecule has 0 aliphatic heterocycles. The Hall–Kier alpha value is -1.66. The van der Waals surface area contributed by atoms with Gasteiger partial charge in [0.1, 0.15) is 5.75 Å². The van der Waals surface area contributed by atoms with Crippen molar-refractivity contribution in [1.29, 1.82) is 0 Å². The number of rotatable bonds is 6. The zero-order chi connectivity index (χ0) is 13.7. The van der Waals surface area contributed by atoms with Crippen LogP contribution in [0.15, 0.2) is 18.2 Å². The van der Waals surface area contributed by atoms with E-state index in [-0.39, 0.29) is 35.9 Å². The van der Waals surface area contributed by atoms with E-state index < -0.39 is 4.92 Å². The molecule has 0 saturated heterocycles. The average molecular weight is 289 g/mol. The highest BCUT2D eigenvalue weighted by Gasteiger charge is 2.20. The van der Waals surface area contributed by atoms with E-state index in [1.807, 2.05) is 19.0 Å². The van der Waals surface area contributed by atoms with Crippen LogP contribution in [0.3, 0.4) is 0 Å². The van der Waals surface area contributed by atoms with Gasteiger partial charge in [-0.25, -0.2) is 0 Å². The summed E-state index contributed by atoms with van der Waals surface area (Å²) in [7, 11) is 5.13. The number of nitrogens with zero attached hydrogens (tertiary/aromatic N) is 2. The van der Waals surface area contributed by atoms with E-state index in [0.717, 1.165) is 0 Å². The number of carbonyl (C=O) groups excluding carboxylic acids is 1. The van der Waals surface area contributed by atoms with E-state index in [9.17, 15) is 14.9 Å². The first-order chi connectivity index (χ1) is 8.45. The van der Waals surface area contributed by atoms with Gasteiger partial charge in [-0.3, -0.25) is 14.9 Å². The summed E-state index contributed by atoms with van der Waals surface area (Å²) >= 11 is 0. The summed E-state index contributed by atoms with van der Waals surface area (Å²) in [5.41, 5.74) is -0.0826. The lowest BCUT2D eigenvalue weighted by atomic mass is 10.1. The summed E-state index contributed by atoms with van der Waals surface area (Å²) in [6.07, 6.45) is 0.237. The van der Waals surface area contributed by atoms with Crippen molar-refractivity contribution in [3.63, 3.8) is 0 Å². The first-order valence-corrected chi connectivity index (χ1v) is 5.46. The lowest BCUT2D eigenvalue weighted by Crippen LogP contribution is -2.17. The van der Waals surface area contributed by atoms with Gasteiger partial charge in [0.2, 0.25) is 0 Å². The maximum atomic E-state index is 12.0. The SMILES string of the molecule is COc1ccc([N+](=O)[O-])c(C(=O)CCN(C)C)c1.Cl. The van der Waals surface area contributed by atoms with Gasteiger partial charge in [-0.15, -0.1) is 12.4 Å². The molecule has 0 aliphatic rings. The Labute approximate surface area is 117 Å². The van der Waals surface area contributed by atoms with E-state index in [0.29, 0.717) is 12.3 Å². The normalized spacial score (nSPS) is 9.89. The summed E-state index contributed by atoms with van der Waals surface area (Å²) in [4.78, 5) is 24.1. The van der Waals surface area contributed by atoms with E-state index >= 15 is 0 Å². The molecule has 0 aromatic heterocycles. The van der Waals surface area contributed by atoms with Crippen molar-refractivity contribution in [2.24, 2.45) is 0 Å². The molecule has 0 amide bonds. The lowest BCUT2D eigenvalue weighted by Gasteiger charge is -2.09. The van der Waals surface area contributed by atoms with Crippen LogP contribution >= 0.6 is 12.4 Å². The molecule has 0 saturated carbocycles. The maximum absolute atomic E-state index is 12.0. The Balaban J connectivity index is 0.00000324. The monoisotopic (exact) mass is 288 g/mol. The first-order valence-electron chi connectivity index (χ1n) is 5.46. The third kappa shape index (κ3) is 4.84. The van der Waals surface area contributed by atoms with Crippen molar-refractivity contribution in [3.8, 4) is 5.75 Å². The molecule has 0 radical (unpaired) electrons. The smallest absolute Gasteiger partial charge is 0.280 e. The van der Waals surface area contributed by atoms with Gasteiger partial charge in [0.15, 0.2) is 5.78 Å². The quantitative estimate of drug-likeness (QED) is 0.456. The molecule has 7 heteroatoms. The lowest BCUT2D eigenvalue weighted by molar-refractivity contribution is -0.385. The number of nitro groups is 1. The number of hydrogen-bond donors (Lipinski definition) is 0. The fourth-order valence-corrected chi connectivity index (χ4v) is 1.48. The average Bonchev–Trinajstić information content (AvgIpc) is 2.34. The Kier molecular flexibility index (Phi) is 7.03. The summed E-state index contributed by atoms with van der Waals surface area (Å²) in [5, 5.41) is 10.9. The van der Waals surface area contributed by atoms with Gasteiger partial charge in [-0.05, 0) is 26.2 Å². The van der Waals surface area contributed by atoms with Crippen molar-refractivity contribution < 1.29 is 14.5 Å². The van der Waals surface area contributed by atoms with E-state index in [2.05, 4.69) is 0 Å². The number of carbonyl (C=O) groups is 1. The van der Waals surface area contributed by atoms with Crippen molar-refractivity contribution in [1.82, 2.24) is 4.90 Å².